The lowest BCUT2D eigenvalue weighted by atomic mass is 9.84. The predicted molar refractivity (Wildman–Crippen MR) is 83.4 cm³/mol. The Bertz CT molecular complexity index is 521. The Labute approximate surface area is 125 Å². The first-order valence-electron chi connectivity index (χ1n) is 7.54. The highest BCUT2D eigenvalue weighted by atomic mass is 35.5. The number of hydrogen-bond acceptors (Lipinski definition) is 2. The van der Waals surface area contributed by atoms with Crippen LogP contribution in [0.3, 0.4) is 0 Å². The van der Waals surface area contributed by atoms with Gasteiger partial charge in [-0.05, 0) is 49.3 Å². The van der Waals surface area contributed by atoms with Crippen molar-refractivity contribution in [1.82, 2.24) is 0 Å². The molecule has 1 fully saturated rings. The number of benzene rings is 1. The van der Waals surface area contributed by atoms with Crippen molar-refractivity contribution >= 4 is 28.9 Å². The van der Waals surface area contributed by atoms with Crippen LogP contribution in [0.2, 0.25) is 5.02 Å². The van der Waals surface area contributed by atoms with Crippen molar-refractivity contribution in [1.29, 1.82) is 0 Å². The van der Waals surface area contributed by atoms with Crippen molar-refractivity contribution in [3.8, 4) is 0 Å². The lowest BCUT2D eigenvalue weighted by molar-refractivity contribution is -0.115. The summed E-state index contributed by atoms with van der Waals surface area (Å²) < 4.78 is 0. The predicted octanol–water partition coefficient (Wildman–Crippen LogP) is 4.22. The number of rotatable bonds is 3. The van der Waals surface area contributed by atoms with Crippen molar-refractivity contribution in [2.75, 3.05) is 10.6 Å². The van der Waals surface area contributed by atoms with Crippen LogP contribution in [-0.2, 0) is 11.2 Å². The molecule has 20 heavy (non-hydrogen) atoms. The van der Waals surface area contributed by atoms with Gasteiger partial charge >= 0.3 is 0 Å². The Morgan fingerprint density at radius 2 is 2.05 bits per heavy atom. The first-order valence-corrected chi connectivity index (χ1v) is 7.92. The molecule has 4 heteroatoms. The number of carbonyl (C=O) groups is 1. The van der Waals surface area contributed by atoms with Crippen LogP contribution in [0.25, 0.3) is 0 Å². The molecule has 1 heterocycles. The number of carbonyl (C=O) groups excluding carboxylic acids is 1. The van der Waals surface area contributed by atoms with E-state index in [0.717, 1.165) is 22.9 Å². The highest BCUT2D eigenvalue weighted by Gasteiger charge is 2.23. The van der Waals surface area contributed by atoms with Crippen molar-refractivity contribution in [2.45, 2.75) is 51.5 Å². The first kappa shape index (κ1) is 13.7. The molecule has 0 unspecified atom stereocenters. The molecule has 0 radical (unpaired) electrons. The molecule has 0 bridgehead atoms. The molecule has 3 rings (SSSR count). The van der Waals surface area contributed by atoms with Gasteiger partial charge in [0, 0.05) is 11.7 Å². The number of halogens is 1. The molecule has 2 aliphatic rings. The van der Waals surface area contributed by atoms with E-state index in [1.165, 1.54) is 32.1 Å². The fourth-order valence-electron chi connectivity index (χ4n) is 3.29. The monoisotopic (exact) mass is 292 g/mol. The van der Waals surface area contributed by atoms with Crippen LogP contribution in [0, 0.1) is 5.92 Å². The van der Waals surface area contributed by atoms with Gasteiger partial charge in [-0.15, -0.1) is 0 Å². The summed E-state index contributed by atoms with van der Waals surface area (Å²) in [6.45, 7) is 2.28. The van der Waals surface area contributed by atoms with Gasteiger partial charge in [0.2, 0.25) is 5.91 Å². The van der Waals surface area contributed by atoms with Gasteiger partial charge in [-0.25, -0.2) is 0 Å². The Hall–Kier alpha value is -1.22. The zero-order valence-corrected chi connectivity index (χ0v) is 12.6. The summed E-state index contributed by atoms with van der Waals surface area (Å²) in [6.07, 6.45) is 6.78. The average Bonchev–Trinajstić information content (AvgIpc) is 2.79. The number of hydrogen-bond donors (Lipinski definition) is 2. The topological polar surface area (TPSA) is 41.1 Å². The summed E-state index contributed by atoms with van der Waals surface area (Å²) in [5.41, 5.74) is 2.88. The van der Waals surface area contributed by atoms with E-state index in [0.29, 0.717) is 17.5 Å². The van der Waals surface area contributed by atoms with Crippen LogP contribution in [0.1, 0.15) is 44.6 Å². The summed E-state index contributed by atoms with van der Waals surface area (Å²) in [7, 11) is 0. The zero-order valence-electron chi connectivity index (χ0n) is 11.8. The van der Waals surface area contributed by atoms with E-state index >= 15 is 0 Å². The molecule has 1 aliphatic heterocycles. The minimum Gasteiger partial charge on any atom is -0.381 e. The molecule has 3 nitrogen and oxygen atoms in total. The second kappa shape index (κ2) is 5.65. The van der Waals surface area contributed by atoms with Crippen LogP contribution in [0.4, 0.5) is 11.4 Å². The lowest BCUT2D eigenvalue weighted by Crippen LogP contribution is -2.26. The zero-order chi connectivity index (χ0) is 14.1. The van der Waals surface area contributed by atoms with E-state index in [9.17, 15) is 4.79 Å². The van der Waals surface area contributed by atoms with E-state index in [4.69, 9.17) is 11.6 Å². The largest absolute Gasteiger partial charge is 0.381 e. The summed E-state index contributed by atoms with van der Waals surface area (Å²) in [6, 6.07) is 4.40. The van der Waals surface area contributed by atoms with Crippen LogP contribution >= 0.6 is 11.6 Å². The van der Waals surface area contributed by atoms with Crippen LogP contribution in [-0.4, -0.2) is 11.9 Å². The van der Waals surface area contributed by atoms with Crippen molar-refractivity contribution in [3.05, 3.63) is 22.7 Å². The molecule has 1 aromatic carbocycles. The van der Waals surface area contributed by atoms with Gasteiger partial charge in [0.25, 0.3) is 0 Å². The molecule has 1 aliphatic carbocycles. The maximum absolute atomic E-state index is 11.4. The average molecular weight is 293 g/mol. The third-order valence-corrected chi connectivity index (χ3v) is 4.91. The highest BCUT2D eigenvalue weighted by molar-refractivity contribution is 6.33. The molecule has 0 aromatic heterocycles. The molecular formula is C16H21ClN2O. The van der Waals surface area contributed by atoms with Gasteiger partial charge in [-0.1, -0.05) is 24.9 Å². The molecular weight excluding hydrogens is 272 g/mol. The van der Waals surface area contributed by atoms with Crippen molar-refractivity contribution < 1.29 is 4.79 Å². The maximum atomic E-state index is 11.4. The van der Waals surface area contributed by atoms with Gasteiger partial charge in [-0.3, -0.25) is 4.79 Å². The molecule has 2 N–H and O–H groups in total. The van der Waals surface area contributed by atoms with Gasteiger partial charge in [0.05, 0.1) is 17.1 Å². The van der Waals surface area contributed by atoms with Gasteiger partial charge in [-0.2, -0.15) is 0 Å². The molecule has 0 spiro atoms. The fourth-order valence-corrected chi connectivity index (χ4v) is 3.51. The third-order valence-electron chi connectivity index (χ3n) is 4.60. The number of fused-ring (bicyclic) bond motifs is 1. The van der Waals surface area contributed by atoms with E-state index < -0.39 is 0 Å². The Morgan fingerprint density at radius 1 is 1.30 bits per heavy atom. The summed E-state index contributed by atoms with van der Waals surface area (Å²) in [5, 5.41) is 7.10. The minimum absolute atomic E-state index is 0.0525. The van der Waals surface area contributed by atoms with Crippen LogP contribution in [0.5, 0.6) is 0 Å². The van der Waals surface area contributed by atoms with Crippen LogP contribution < -0.4 is 10.6 Å². The highest BCUT2D eigenvalue weighted by Crippen LogP contribution is 2.35. The normalized spacial score (nSPS) is 25.2. The second-order valence-electron chi connectivity index (χ2n) is 5.98. The number of nitrogens with one attached hydrogen (secondary N) is 2. The molecule has 0 saturated heterocycles. The molecule has 108 valence electrons. The molecule has 1 saturated carbocycles. The van der Waals surface area contributed by atoms with E-state index in [1.807, 2.05) is 12.1 Å². The SMILES string of the molecule is CCC1CCC(Nc2cc3c(cc2Cl)NC(=O)C3)CC1. The summed E-state index contributed by atoms with van der Waals surface area (Å²) in [5.74, 6) is 0.946. The van der Waals surface area contributed by atoms with Crippen LogP contribution in [0.15, 0.2) is 12.1 Å². The first-order chi connectivity index (χ1) is 9.65. The minimum atomic E-state index is 0.0525. The number of anilines is 2. The van der Waals surface area contributed by atoms with E-state index in [-0.39, 0.29) is 5.91 Å². The van der Waals surface area contributed by atoms with E-state index in [1.54, 1.807) is 0 Å². The standard InChI is InChI=1S/C16H21ClN2O/c1-2-10-3-5-12(6-4-10)18-15-7-11-8-16(20)19-14(11)9-13(15)17/h7,9-10,12,18H,2-6,8H2,1H3,(H,19,20). The summed E-state index contributed by atoms with van der Waals surface area (Å²) in [4.78, 5) is 11.4. The van der Waals surface area contributed by atoms with Crippen molar-refractivity contribution in [3.63, 3.8) is 0 Å². The van der Waals surface area contributed by atoms with Gasteiger partial charge < -0.3 is 10.6 Å². The molecule has 1 amide bonds. The van der Waals surface area contributed by atoms with Gasteiger partial charge in [0.1, 0.15) is 0 Å². The molecule has 0 atom stereocenters. The molecule has 1 aromatic rings. The maximum Gasteiger partial charge on any atom is 0.228 e. The fraction of sp³-hybridized carbons (Fsp3) is 0.562. The third kappa shape index (κ3) is 2.78. The number of amides is 1. The Morgan fingerprint density at radius 3 is 2.75 bits per heavy atom. The van der Waals surface area contributed by atoms with E-state index in [2.05, 4.69) is 17.6 Å². The second-order valence-corrected chi connectivity index (χ2v) is 6.39. The van der Waals surface area contributed by atoms with Crippen molar-refractivity contribution in [2.24, 2.45) is 5.92 Å². The van der Waals surface area contributed by atoms with Gasteiger partial charge in [0.15, 0.2) is 0 Å². The smallest absolute Gasteiger partial charge is 0.228 e. The quantitative estimate of drug-likeness (QED) is 0.876. The Kier molecular flexibility index (Phi) is 3.88. The lowest BCUT2D eigenvalue weighted by Gasteiger charge is -2.29. The Balaban J connectivity index is 1.69. The summed E-state index contributed by atoms with van der Waals surface area (Å²) >= 11 is 6.32.